The number of thiophene rings is 1. The highest BCUT2D eigenvalue weighted by Gasteiger charge is 2.26. The van der Waals surface area contributed by atoms with Crippen LogP contribution >= 0.6 is 11.3 Å². The summed E-state index contributed by atoms with van der Waals surface area (Å²) in [7, 11) is 16.4. The molecule has 0 unspecified atom stereocenters. The quantitative estimate of drug-likeness (QED) is 0.237. The first kappa shape index (κ1) is 38.9. The largest absolute Gasteiger partial charge is 0.309 e. The molecule has 0 atom stereocenters. The smallest absolute Gasteiger partial charge is 0.141 e. The highest BCUT2D eigenvalue weighted by molar-refractivity contribution is 7.26. The van der Waals surface area contributed by atoms with Gasteiger partial charge in [0.2, 0.25) is 0 Å². The normalized spacial score (nSPS) is 11.9. The van der Waals surface area contributed by atoms with Gasteiger partial charge >= 0.3 is 0 Å². The lowest BCUT2D eigenvalue weighted by Crippen LogP contribution is -2.48. The van der Waals surface area contributed by atoms with Crippen LogP contribution in [-0.2, 0) is 0 Å². The van der Waals surface area contributed by atoms with Gasteiger partial charge in [-0.2, -0.15) is 0 Å². The summed E-state index contributed by atoms with van der Waals surface area (Å²) in [5.74, 6) is 0. The van der Waals surface area contributed by atoms with Crippen molar-refractivity contribution in [1.29, 1.82) is 0 Å². The van der Waals surface area contributed by atoms with Crippen molar-refractivity contribution in [3.8, 4) is 44.8 Å². The molecule has 0 aliphatic carbocycles. The number of fused-ring (bicyclic) bond motifs is 9. The van der Waals surface area contributed by atoms with Crippen LogP contribution in [0.15, 0.2) is 164 Å². The van der Waals surface area contributed by atoms with E-state index in [1.54, 1.807) is 0 Å². The highest BCUT2D eigenvalue weighted by Crippen LogP contribution is 2.42. The maximum Gasteiger partial charge on any atom is 0.141 e. The van der Waals surface area contributed by atoms with E-state index in [4.69, 9.17) is 0 Å². The zero-order valence-corrected chi connectivity index (χ0v) is 38.2. The number of rotatable bonds is 5. The van der Waals surface area contributed by atoms with Crippen LogP contribution < -0.4 is 38.2 Å². The zero-order chi connectivity index (χ0) is 43.5. The molecule has 0 bridgehead atoms. The summed E-state index contributed by atoms with van der Waals surface area (Å²) in [6, 6.07) is 60.5. The van der Waals surface area contributed by atoms with Crippen LogP contribution in [0.5, 0.6) is 0 Å². The molecule has 12 rings (SSSR count). The molecular weight excluding hydrogens is 784 g/mol. The summed E-state index contributed by atoms with van der Waals surface area (Å²) in [5.41, 5.74) is 24.4. The Bertz CT molecular complexity index is 3930. The number of para-hydroxylation sites is 1. The average Bonchev–Trinajstić information content (AvgIpc) is 4.01. The number of aromatic nitrogens is 2. The molecule has 3 aromatic heterocycles. The van der Waals surface area contributed by atoms with Gasteiger partial charge in [-0.1, -0.05) is 154 Å². The number of nitrogens with zero attached hydrogens (tertiary/aromatic N) is 2. The second-order valence-electron chi connectivity index (χ2n) is 17.8. The van der Waals surface area contributed by atoms with E-state index in [2.05, 4.69) is 228 Å². The van der Waals surface area contributed by atoms with E-state index in [-0.39, 0.29) is 0 Å². The van der Waals surface area contributed by atoms with Crippen molar-refractivity contribution >= 4 is 168 Å². The van der Waals surface area contributed by atoms with Crippen LogP contribution in [0.4, 0.5) is 0 Å². The van der Waals surface area contributed by atoms with Crippen LogP contribution in [0.3, 0.4) is 0 Å². The molecule has 0 aliphatic rings. The second kappa shape index (κ2) is 14.7. The lowest BCUT2D eigenvalue weighted by Gasteiger charge is -2.19. The van der Waals surface area contributed by atoms with E-state index < -0.39 is 0 Å². The lowest BCUT2D eigenvalue weighted by molar-refractivity contribution is 1.18. The summed E-state index contributed by atoms with van der Waals surface area (Å²) in [6.07, 6.45) is 0. The van der Waals surface area contributed by atoms with E-state index in [0.717, 1.165) is 0 Å². The van der Waals surface area contributed by atoms with Gasteiger partial charge in [0.15, 0.2) is 0 Å². The van der Waals surface area contributed by atoms with E-state index in [0.29, 0.717) is 0 Å². The molecule has 0 radical (unpaired) electrons. The SMILES string of the molecule is Bc1c(B)c(B)c2c(c1B)c1c(B)c(-c3ccc4c(c3)c3cc(-c5ccccc5)ccc3n4-c3ccccc3-c3ccccc3)c(B)c(B)c1n2-c1cccc2c1sc1ccccc12. The first-order valence-electron chi connectivity index (χ1n) is 22.4. The molecule has 64 heavy (non-hydrogen) atoms. The van der Waals surface area contributed by atoms with Gasteiger partial charge in [-0.15, -0.1) is 16.8 Å². The summed E-state index contributed by atoms with van der Waals surface area (Å²) < 4.78 is 7.79. The maximum absolute atomic E-state index is 2.64. The van der Waals surface area contributed by atoms with E-state index >= 15 is 0 Å². The van der Waals surface area contributed by atoms with Gasteiger partial charge in [0.05, 0.1) is 27.1 Å². The van der Waals surface area contributed by atoms with Crippen molar-refractivity contribution in [2.75, 3.05) is 0 Å². The van der Waals surface area contributed by atoms with Crippen molar-refractivity contribution in [1.82, 2.24) is 9.13 Å². The van der Waals surface area contributed by atoms with Crippen LogP contribution in [0, 0.1) is 0 Å². The summed E-state index contributed by atoms with van der Waals surface area (Å²) in [4.78, 5) is 0. The van der Waals surface area contributed by atoms with Crippen molar-refractivity contribution in [3.63, 3.8) is 0 Å². The average molecular weight is 826 g/mol. The van der Waals surface area contributed by atoms with Crippen molar-refractivity contribution in [3.05, 3.63) is 164 Å². The molecular formula is C54H41B7N2S. The third-order valence-corrected chi connectivity index (χ3v) is 15.9. The van der Waals surface area contributed by atoms with E-state index in [1.807, 2.05) is 11.3 Å². The molecule has 3 heterocycles. The Morgan fingerprint density at radius 1 is 0.344 bits per heavy atom. The van der Waals surface area contributed by atoms with Gasteiger partial charge in [0.25, 0.3) is 0 Å². The number of hydrogen-bond acceptors (Lipinski definition) is 1. The third kappa shape index (κ3) is 5.55. The fourth-order valence-corrected chi connectivity index (χ4v) is 12.3. The van der Waals surface area contributed by atoms with E-state index in [9.17, 15) is 0 Å². The predicted molar refractivity (Wildman–Crippen MR) is 302 cm³/mol. The molecule has 0 aliphatic heterocycles. The van der Waals surface area contributed by atoms with E-state index in [1.165, 1.54) is 147 Å². The Hall–Kier alpha value is -6.75. The summed E-state index contributed by atoms with van der Waals surface area (Å²) in [6.45, 7) is 0. The maximum atomic E-state index is 2.64. The van der Waals surface area contributed by atoms with Gasteiger partial charge in [-0.25, -0.2) is 0 Å². The van der Waals surface area contributed by atoms with Gasteiger partial charge in [-0.05, 0) is 75.7 Å². The van der Waals surface area contributed by atoms with Crippen molar-refractivity contribution in [2.45, 2.75) is 0 Å². The van der Waals surface area contributed by atoms with Gasteiger partial charge in [0, 0.05) is 48.2 Å². The minimum absolute atomic E-state index is 1.18. The molecule has 12 aromatic rings. The molecule has 9 aromatic carbocycles. The molecule has 0 saturated carbocycles. The van der Waals surface area contributed by atoms with Crippen molar-refractivity contribution < 1.29 is 0 Å². The minimum Gasteiger partial charge on any atom is -0.309 e. The fraction of sp³-hybridized carbons (Fsp3) is 0. The Labute approximate surface area is 383 Å². The van der Waals surface area contributed by atoms with Crippen LogP contribution in [0.25, 0.3) is 109 Å². The third-order valence-electron chi connectivity index (χ3n) is 14.6. The molecule has 0 amide bonds. The zero-order valence-electron chi connectivity index (χ0n) is 37.4. The van der Waals surface area contributed by atoms with Crippen LogP contribution in [0.2, 0.25) is 0 Å². The van der Waals surface area contributed by atoms with Crippen LogP contribution in [0.1, 0.15) is 0 Å². The highest BCUT2D eigenvalue weighted by atomic mass is 32.1. The van der Waals surface area contributed by atoms with Gasteiger partial charge in [0.1, 0.15) is 54.9 Å². The first-order chi connectivity index (χ1) is 31.2. The number of hydrogen-bond donors (Lipinski definition) is 0. The molecule has 2 nitrogen and oxygen atoms in total. The van der Waals surface area contributed by atoms with Crippen molar-refractivity contribution in [2.24, 2.45) is 0 Å². The predicted octanol–water partition coefficient (Wildman–Crippen LogP) is 3.06. The Balaban J connectivity index is 1.17. The first-order valence-corrected chi connectivity index (χ1v) is 23.3. The molecule has 294 valence electrons. The summed E-state index contributed by atoms with van der Waals surface area (Å²) >= 11 is 1.91. The second-order valence-corrected chi connectivity index (χ2v) is 18.9. The molecule has 10 heteroatoms. The Morgan fingerprint density at radius 3 is 1.62 bits per heavy atom. The Morgan fingerprint density at radius 2 is 0.891 bits per heavy atom. The fourth-order valence-electron chi connectivity index (χ4n) is 11.1. The monoisotopic (exact) mass is 826 g/mol. The molecule has 0 fully saturated rings. The number of benzene rings is 9. The van der Waals surface area contributed by atoms with Gasteiger partial charge in [-0.3, -0.25) is 0 Å². The topological polar surface area (TPSA) is 9.86 Å². The summed E-state index contributed by atoms with van der Waals surface area (Å²) in [5, 5.41) is 7.89. The molecule has 0 N–H and O–H groups in total. The molecule has 0 spiro atoms. The Kier molecular flexibility index (Phi) is 8.91. The molecule has 0 saturated heterocycles. The van der Waals surface area contributed by atoms with Crippen LogP contribution in [-0.4, -0.2) is 64.1 Å². The minimum atomic E-state index is 1.18. The standard InChI is InChI=1S/C54H41B7N2S/c55-45-42(46(56)50(60)52-43(45)44-47(57)48(58)49(59)51(61)53(44)63(52)40-20-11-18-34-33-17-8-10-21-41(33)64-54(34)40)31-23-25-39-36(27-31)35-26-30(28-12-3-1-4-13-28)22-24-38(35)62(39)37-19-9-7-16-32(37)29-14-5-2-6-15-29/h1-27H,55-61H2. The van der Waals surface area contributed by atoms with Gasteiger partial charge < -0.3 is 9.13 Å². The lowest BCUT2D eigenvalue weighted by atomic mass is 9.64.